The highest BCUT2D eigenvalue weighted by atomic mass is 16.6. The summed E-state index contributed by atoms with van der Waals surface area (Å²) in [6.45, 7) is 4.96. The molecule has 0 bridgehead atoms. The zero-order chi connectivity index (χ0) is 15.4. The van der Waals surface area contributed by atoms with Crippen LogP contribution in [0.1, 0.15) is 25.8 Å². The molecule has 2 aromatic rings. The maximum atomic E-state index is 11.0. The fourth-order valence-corrected chi connectivity index (χ4v) is 2.21. The van der Waals surface area contributed by atoms with Crippen LogP contribution >= 0.6 is 0 Å². The van der Waals surface area contributed by atoms with Crippen molar-refractivity contribution in [1.82, 2.24) is 4.98 Å². The summed E-state index contributed by atoms with van der Waals surface area (Å²) >= 11 is 0. The van der Waals surface area contributed by atoms with Gasteiger partial charge in [0.25, 0.3) is 5.69 Å². The Morgan fingerprint density at radius 3 is 2.67 bits per heavy atom. The molecule has 0 amide bonds. The summed E-state index contributed by atoms with van der Waals surface area (Å²) in [5.74, 6) is 1.24. The minimum absolute atomic E-state index is 0.0115. The van der Waals surface area contributed by atoms with Crippen molar-refractivity contribution in [2.24, 2.45) is 0 Å². The third kappa shape index (κ3) is 3.04. The summed E-state index contributed by atoms with van der Waals surface area (Å²) in [7, 11) is 1.49. The van der Waals surface area contributed by atoms with Crippen LogP contribution in [0.3, 0.4) is 0 Å². The predicted molar refractivity (Wildman–Crippen MR) is 83.1 cm³/mol. The highest BCUT2D eigenvalue weighted by Crippen LogP contribution is 2.32. The highest BCUT2D eigenvalue weighted by molar-refractivity contribution is 5.89. The quantitative estimate of drug-likeness (QED) is 0.650. The highest BCUT2D eigenvalue weighted by Gasteiger charge is 2.15. The largest absolute Gasteiger partial charge is 0.494 e. The molecule has 0 atom stereocenters. The van der Waals surface area contributed by atoms with E-state index in [1.54, 1.807) is 0 Å². The molecular weight excluding hydrogens is 270 g/mol. The second kappa shape index (κ2) is 6.39. The number of nitrogens with one attached hydrogen (secondary N) is 1. The van der Waals surface area contributed by atoms with E-state index in [9.17, 15) is 10.1 Å². The molecule has 6 nitrogen and oxygen atoms in total. The van der Waals surface area contributed by atoms with E-state index in [0.717, 1.165) is 36.2 Å². The molecule has 0 aliphatic heterocycles. The Kier molecular flexibility index (Phi) is 4.57. The zero-order valence-electron chi connectivity index (χ0n) is 12.5. The van der Waals surface area contributed by atoms with Crippen LogP contribution in [0.15, 0.2) is 18.2 Å². The maximum absolute atomic E-state index is 11.0. The lowest BCUT2D eigenvalue weighted by atomic mass is 10.1. The number of aryl methyl sites for hydroxylation is 1. The van der Waals surface area contributed by atoms with Gasteiger partial charge in [0.05, 0.1) is 18.1 Å². The summed E-state index contributed by atoms with van der Waals surface area (Å²) < 4.78 is 5.26. The van der Waals surface area contributed by atoms with Crippen LogP contribution in [0, 0.1) is 10.1 Å². The molecule has 1 N–H and O–H groups in total. The monoisotopic (exact) mass is 289 g/mol. The molecule has 112 valence electrons. The molecule has 6 heteroatoms. The van der Waals surface area contributed by atoms with Gasteiger partial charge in [0.15, 0.2) is 5.75 Å². The summed E-state index contributed by atoms with van der Waals surface area (Å²) in [4.78, 5) is 15.2. The zero-order valence-corrected chi connectivity index (χ0v) is 12.5. The minimum Gasteiger partial charge on any atom is -0.494 e. The van der Waals surface area contributed by atoms with Gasteiger partial charge in [-0.25, -0.2) is 4.98 Å². The number of nitro groups is 1. The van der Waals surface area contributed by atoms with E-state index >= 15 is 0 Å². The fraction of sp³-hybridized carbons (Fsp3) is 0.400. The normalized spacial score (nSPS) is 10.6. The number of non-ortho nitro benzene ring substituents is 1. The first kappa shape index (κ1) is 15.0. The average molecular weight is 289 g/mol. The number of hydrogen-bond acceptors (Lipinski definition) is 5. The molecule has 1 aromatic carbocycles. The summed E-state index contributed by atoms with van der Waals surface area (Å²) in [5.41, 5.74) is 1.69. The van der Waals surface area contributed by atoms with Crippen molar-refractivity contribution in [3.05, 3.63) is 33.9 Å². The van der Waals surface area contributed by atoms with E-state index in [2.05, 4.69) is 17.2 Å². The molecule has 1 heterocycles. The lowest BCUT2D eigenvalue weighted by molar-refractivity contribution is -0.384. The van der Waals surface area contributed by atoms with Gasteiger partial charge >= 0.3 is 0 Å². The van der Waals surface area contributed by atoms with Crippen molar-refractivity contribution in [2.45, 2.75) is 26.7 Å². The number of pyridine rings is 1. The van der Waals surface area contributed by atoms with Crippen LogP contribution in [-0.2, 0) is 6.42 Å². The Bertz CT molecular complexity index is 671. The number of aromatic nitrogens is 1. The van der Waals surface area contributed by atoms with Gasteiger partial charge in [-0.05, 0) is 24.5 Å². The predicted octanol–water partition coefficient (Wildman–Crippen LogP) is 3.54. The van der Waals surface area contributed by atoms with E-state index in [-0.39, 0.29) is 5.69 Å². The molecule has 0 aliphatic rings. The van der Waals surface area contributed by atoms with Crippen molar-refractivity contribution in [2.75, 3.05) is 19.0 Å². The number of benzene rings is 1. The number of anilines is 1. The van der Waals surface area contributed by atoms with Gasteiger partial charge in [-0.1, -0.05) is 13.8 Å². The second-order valence-corrected chi connectivity index (χ2v) is 4.75. The van der Waals surface area contributed by atoms with E-state index in [0.29, 0.717) is 11.3 Å². The Morgan fingerprint density at radius 2 is 2.10 bits per heavy atom. The Balaban J connectivity index is 2.64. The minimum atomic E-state index is -0.420. The number of nitro benzene ring substituents is 1. The molecule has 1 aromatic heterocycles. The fourth-order valence-electron chi connectivity index (χ4n) is 2.21. The first-order valence-corrected chi connectivity index (χ1v) is 7.00. The average Bonchev–Trinajstić information content (AvgIpc) is 2.50. The number of rotatable bonds is 6. The Labute approximate surface area is 123 Å². The van der Waals surface area contributed by atoms with Crippen molar-refractivity contribution < 1.29 is 9.66 Å². The number of fused-ring (bicyclic) bond motifs is 1. The molecule has 0 aliphatic carbocycles. The molecule has 0 saturated heterocycles. The summed E-state index contributed by atoms with van der Waals surface area (Å²) in [6.07, 6.45) is 1.81. The molecule has 2 rings (SSSR count). The van der Waals surface area contributed by atoms with E-state index in [4.69, 9.17) is 4.74 Å². The third-order valence-corrected chi connectivity index (χ3v) is 3.30. The van der Waals surface area contributed by atoms with Crippen molar-refractivity contribution in [3.63, 3.8) is 0 Å². The van der Waals surface area contributed by atoms with Gasteiger partial charge < -0.3 is 10.1 Å². The number of hydrogen-bond donors (Lipinski definition) is 1. The van der Waals surface area contributed by atoms with Gasteiger partial charge in [0, 0.05) is 18.0 Å². The number of methoxy groups -OCH3 is 1. The van der Waals surface area contributed by atoms with Gasteiger partial charge in [-0.3, -0.25) is 10.1 Å². The maximum Gasteiger partial charge on any atom is 0.273 e. The van der Waals surface area contributed by atoms with E-state index in [1.807, 2.05) is 13.0 Å². The van der Waals surface area contributed by atoms with Crippen LogP contribution in [0.4, 0.5) is 11.5 Å². The van der Waals surface area contributed by atoms with Crippen LogP contribution < -0.4 is 10.1 Å². The Morgan fingerprint density at radius 1 is 1.33 bits per heavy atom. The summed E-state index contributed by atoms with van der Waals surface area (Å²) in [5, 5.41) is 15.0. The van der Waals surface area contributed by atoms with Gasteiger partial charge in [-0.15, -0.1) is 0 Å². The first-order chi connectivity index (χ1) is 10.1. The molecule has 0 radical (unpaired) electrons. The van der Waals surface area contributed by atoms with Crippen molar-refractivity contribution in [3.8, 4) is 5.75 Å². The third-order valence-electron chi connectivity index (χ3n) is 3.30. The molecule has 21 heavy (non-hydrogen) atoms. The molecule has 0 fully saturated rings. The number of nitrogens with zero attached hydrogens (tertiary/aromatic N) is 2. The second-order valence-electron chi connectivity index (χ2n) is 4.75. The Hall–Kier alpha value is -2.37. The standard InChI is InChI=1S/C15H19N3O3/c1-4-6-16-15-10(5-2)7-11-8-12(18(19)20)9-13(21-3)14(11)17-15/h7-9H,4-6H2,1-3H3,(H,16,17). The molecule has 0 spiro atoms. The smallest absolute Gasteiger partial charge is 0.273 e. The van der Waals surface area contributed by atoms with Gasteiger partial charge in [-0.2, -0.15) is 0 Å². The van der Waals surface area contributed by atoms with Crippen LogP contribution in [0.2, 0.25) is 0 Å². The molecule has 0 saturated carbocycles. The lowest BCUT2D eigenvalue weighted by Gasteiger charge is -2.12. The van der Waals surface area contributed by atoms with Crippen molar-refractivity contribution >= 4 is 22.4 Å². The summed E-state index contributed by atoms with van der Waals surface area (Å²) in [6, 6.07) is 4.88. The van der Waals surface area contributed by atoms with Crippen LogP contribution in [-0.4, -0.2) is 23.6 Å². The van der Waals surface area contributed by atoms with Gasteiger partial charge in [0.2, 0.25) is 0 Å². The van der Waals surface area contributed by atoms with E-state index < -0.39 is 4.92 Å². The van der Waals surface area contributed by atoms with E-state index in [1.165, 1.54) is 19.2 Å². The molecule has 0 unspecified atom stereocenters. The topological polar surface area (TPSA) is 77.3 Å². The van der Waals surface area contributed by atoms with Gasteiger partial charge in [0.1, 0.15) is 11.3 Å². The first-order valence-electron chi connectivity index (χ1n) is 7.00. The SMILES string of the molecule is CCCNc1nc2c(OC)cc([N+](=O)[O-])cc2cc1CC. The van der Waals surface area contributed by atoms with Crippen molar-refractivity contribution in [1.29, 1.82) is 0 Å². The number of ether oxygens (including phenoxy) is 1. The van der Waals surface area contributed by atoms with Crippen LogP contribution in [0.25, 0.3) is 10.9 Å². The molecular formula is C15H19N3O3. The van der Waals surface area contributed by atoms with Crippen LogP contribution in [0.5, 0.6) is 5.75 Å². The lowest BCUT2D eigenvalue weighted by Crippen LogP contribution is -2.06.